The molecule has 0 aliphatic carbocycles. The van der Waals surface area contributed by atoms with Crippen molar-refractivity contribution in [2.24, 2.45) is 4.40 Å². The first-order valence-electron chi connectivity index (χ1n) is 4.60. The summed E-state index contributed by atoms with van der Waals surface area (Å²) in [7, 11) is 0. The first-order chi connectivity index (χ1) is 7.40. The van der Waals surface area contributed by atoms with Crippen LogP contribution in [0.15, 0.2) is 41.3 Å². The number of hydrogen-bond donors (Lipinski definition) is 0. The van der Waals surface area contributed by atoms with Gasteiger partial charge in [0, 0.05) is 18.0 Å². The molecule has 0 amide bonds. The highest BCUT2D eigenvalue weighted by Gasteiger charge is 2.19. The number of rotatable bonds is 3. The Morgan fingerprint density at radius 3 is 3.27 bits per heavy atom. The average molecular weight is 221 g/mol. The van der Waals surface area contributed by atoms with Crippen LogP contribution < -0.4 is 0 Å². The summed E-state index contributed by atoms with van der Waals surface area (Å²) in [5, 5.41) is 0. The van der Waals surface area contributed by atoms with Gasteiger partial charge < -0.3 is 4.84 Å². The maximum atomic E-state index is 5.28. The van der Waals surface area contributed by atoms with Gasteiger partial charge in [-0.15, -0.1) is 0 Å². The Morgan fingerprint density at radius 1 is 1.60 bits per heavy atom. The summed E-state index contributed by atoms with van der Waals surface area (Å²) in [4.78, 5) is 9.34. The minimum absolute atomic E-state index is 0.667. The molecule has 1 aromatic rings. The third kappa shape index (κ3) is 2.57. The topological polar surface area (TPSA) is 37.7 Å². The summed E-state index contributed by atoms with van der Waals surface area (Å²) in [6.07, 6.45) is 7.02. The summed E-state index contributed by atoms with van der Waals surface area (Å²) >= 11 is 1.31. The molecule has 2 heterocycles. The molecule has 0 fully saturated rings. The van der Waals surface area contributed by atoms with Crippen LogP contribution >= 0.6 is 12.1 Å². The molecule has 0 spiro atoms. The molecule has 0 N–H and O–H groups in total. The van der Waals surface area contributed by atoms with E-state index in [9.17, 15) is 0 Å². The molecule has 5 heteroatoms. The molecular weight excluding hydrogens is 210 g/mol. The van der Waals surface area contributed by atoms with Gasteiger partial charge >= 0.3 is 0 Å². The van der Waals surface area contributed by atoms with Gasteiger partial charge in [0.1, 0.15) is 6.26 Å². The highest BCUT2D eigenvalue weighted by atomic mass is 32.2. The van der Waals surface area contributed by atoms with Gasteiger partial charge in [-0.1, -0.05) is 10.5 Å². The SMILES string of the molecule is CC=CON1CC(c2cccnc2)=NS1. The van der Waals surface area contributed by atoms with Gasteiger partial charge in [-0.25, -0.2) is 0 Å². The number of hydrogen-bond acceptors (Lipinski definition) is 5. The quantitative estimate of drug-likeness (QED) is 0.579. The Morgan fingerprint density at radius 2 is 2.53 bits per heavy atom. The fourth-order valence-corrected chi connectivity index (χ4v) is 1.76. The average Bonchev–Trinajstić information content (AvgIpc) is 2.76. The molecule has 0 radical (unpaired) electrons. The molecule has 1 aliphatic rings. The minimum atomic E-state index is 0.667. The molecule has 0 unspecified atom stereocenters. The third-order valence-corrected chi connectivity index (χ3v) is 2.53. The predicted octanol–water partition coefficient (Wildman–Crippen LogP) is 2.21. The summed E-state index contributed by atoms with van der Waals surface area (Å²) in [6.45, 7) is 2.57. The number of allylic oxidation sites excluding steroid dienone is 1. The van der Waals surface area contributed by atoms with E-state index in [1.807, 2.05) is 25.1 Å². The Balaban J connectivity index is 1.98. The van der Waals surface area contributed by atoms with Crippen molar-refractivity contribution in [3.05, 3.63) is 42.4 Å². The van der Waals surface area contributed by atoms with Crippen LogP contribution in [0.1, 0.15) is 12.5 Å². The van der Waals surface area contributed by atoms with Crippen molar-refractivity contribution in [1.29, 1.82) is 0 Å². The molecule has 0 saturated heterocycles. The summed E-state index contributed by atoms with van der Waals surface area (Å²) in [6, 6.07) is 3.89. The first-order valence-corrected chi connectivity index (χ1v) is 5.33. The van der Waals surface area contributed by atoms with E-state index < -0.39 is 0 Å². The Labute approximate surface area is 92.9 Å². The van der Waals surface area contributed by atoms with Crippen molar-refractivity contribution in [3.63, 3.8) is 0 Å². The molecule has 1 aliphatic heterocycles. The van der Waals surface area contributed by atoms with Crippen molar-refractivity contribution in [2.45, 2.75) is 6.92 Å². The van der Waals surface area contributed by atoms with Crippen LogP contribution in [0.3, 0.4) is 0 Å². The lowest BCUT2D eigenvalue weighted by molar-refractivity contribution is 0.0140. The highest BCUT2D eigenvalue weighted by molar-refractivity contribution is 7.96. The summed E-state index contributed by atoms with van der Waals surface area (Å²) in [5.41, 5.74) is 2.02. The monoisotopic (exact) mass is 221 g/mol. The molecule has 4 nitrogen and oxygen atoms in total. The lowest BCUT2D eigenvalue weighted by Gasteiger charge is -2.09. The number of aromatic nitrogens is 1. The second-order valence-corrected chi connectivity index (χ2v) is 3.68. The summed E-state index contributed by atoms with van der Waals surface area (Å²) < 4.78 is 6.01. The second kappa shape index (κ2) is 4.95. The van der Waals surface area contributed by atoms with Crippen LogP contribution in [0.5, 0.6) is 0 Å². The van der Waals surface area contributed by atoms with E-state index in [1.165, 1.54) is 12.1 Å². The van der Waals surface area contributed by atoms with Gasteiger partial charge in [-0.2, -0.15) is 4.40 Å². The molecule has 78 valence electrons. The lowest BCUT2D eigenvalue weighted by Crippen LogP contribution is -2.16. The maximum absolute atomic E-state index is 5.28. The molecule has 0 atom stereocenters. The van der Waals surface area contributed by atoms with Crippen molar-refractivity contribution in [2.75, 3.05) is 6.54 Å². The third-order valence-electron chi connectivity index (χ3n) is 1.83. The van der Waals surface area contributed by atoms with E-state index in [0.717, 1.165) is 11.3 Å². The van der Waals surface area contributed by atoms with Gasteiger partial charge in [-0.3, -0.25) is 4.98 Å². The smallest absolute Gasteiger partial charge is 0.108 e. The molecule has 1 aromatic heterocycles. The Kier molecular flexibility index (Phi) is 3.37. The Hall–Kier alpha value is -1.33. The number of hydroxylamine groups is 1. The maximum Gasteiger partial charge on any atom is 0.108 e. The van der Waals surface area contributed by atoms with E-state index in [2.05, 4.69) is 9.38 Å². The van der Waals surface area contributed by atoms with Gasteiger partial charge in [0.25, 0.3) is 0 Å². The molecule has 2 rings (SSSR count). The summed E-state index contributed by atoms with van der Waals surface area (Å²) in [5.74, 6) is 0. The predicted molar refractivity (Wildman–Crippen MR) is 61.0 cm³/mol. The fraction of sp³-hybridized carbons (Fsp3) is 0.200. The van der Waals surface area contributed by atoms with Crippen LogP contribution in [-0.4, -0.2) is 21.7 Å². The minimum Gasteiger partial charge on any atom is -0.401 e. The van der Waals surface area contributed by atoms with Gasteiger partial charge in [0.2, 0.25) is 0 Å². The van der Waals surface area contributed by atoms with Crippen molar-refractivity contribution in [3.8, 4) is 0 Å². The van der Waals surface area contributed by atoms with Gasteiger partial charge in [-0.05, 0) is 19.1 Å². The first kappa shape index (κ1) is 10.2. The molecule has 0 aromatic carbocycles. The zero-order valence-corrected chi connectivity index (χ0v) is 9.15. The molecule has 15 heavy (non-hydrogen) atoms. The standard InChI is InChI=1S/C10H11N3OS/c1-2-6-14-13-8-10(12-15-13)9-4-3-5-11-7-9/h2-7H,8H2,1H3. The van der Waals surface area contributed by atoms with Crippen LogP contribution in [0, 0.1) is 0 Å². The van der Waals surface area contributed by atoms with Crippen LogP contribution in [0.25, 0.3) is 0 Å². The molecular formula is C10H11N3OS. The van der Waals surface area contributed by atoms with E-state index in [1.54, 1.807) is 23.1 Å². The van der Waals surface area contributed by atoms with E-state index in [-0.39, 0.29) is 0 Å². The second-order valence-electron chi connectivity index (χ2n) is 2.93. The van der Waals surface area contributed by atoms with Crippen molar-refractivity contribution in [1.82, 2.24) is 9.45 Å². The molecule has 0 saturated carbocycles. The van der Waals surface area contributed by atoms with Gasteiger partial charge in [0.15, 0.2) is 0 Å². The molecule has 0 bridgehead atoms. The highest BCUT2D eigenvalue weighted by Crippen LogP contribution is 2.22. The van der Waals surface area contributed by atoms with E-state index in [0.29, 0.717) is 6.54 Å². The largest absolute Gasteiger partial charge is 0.401 e. The lowest BCUT2D eigenvalue weighted by atomic mass is 10.2. The van der Waals surface area contributed by atoms with Crippen molar-refractivity contribution >= 4 is 17.8 Å². The van der Waals surface area contributed by atoms with Gasteiger partial charge in [0.05, 0.1) is 24.4 Å². The Bertz CT molecular complexity index is 378. The van der Waals surface area contributed by atoms with Crippen LogP contribution in [0.4, 0.5) is 0 Å². The van der Waals surface area contributed by atoms with Crippen LogP contribution in [0.2, 0.25) is 0 Å². The van der Waals surface area contributed by atoms with Crippen molar-refractivity contribution < 1.29 is 4.84 Å². The van der Waals surface area contributed by atoms with Crippen LogP contribution in [-0.2, 0) is 4.84 Å². The number of nitrogens with zero attached hydrogens (tertiary/aromatic N) is 3. The van der Waals surface area contributed by atoms with E-state index in [4.69, 9.17) is 4.84 Å². The number of pyridine rings is 1. The fourth-order valence-electron chi connectivity index (χ4n) is 1.14. The van der Waals surface area contributed by atoms with E-state index >= 15 is 0 Å². The normalized spacial score (nSPS) is 17.0. The zero-order chi connectivity index (χ0) is 10.5. The zero-order valence-electron chi connectivity index (χ0n) is 8.33.